The van der Waals surface area contributed by atoms with Crippen molar-refractivity contribution in [1.29, 1.82) is 0 Å². The molecule has 3 aromatic carbocycles. The van der Waals surface area contributed by atoms with Gasteiger partial charge in [0.15, 0.2) is 0 Å². The number of benzene rings is 3. The maximum Gasteiger partial charge on any atom is 0.235 e. The van der Waals surface area contributed by atoms with Gasteiger partial charge in [0.25, 0.3) is 0 Å². The topological polar surface area (TPSA) is 48.7 Å². The molecule has 28 heavy (non-hydrogen) atoms. The van der Waals surface area contributed by atoms with E-state index in [2.05, 4.69) is 0 Å². The molecule has 4 rings (SSSR count). The predicted octanol–water partition coefficient (Wildman–Crippen LogP) is 6.47. The molecule has 4 nitrogen and oxygen atoms in total. The average Bonchev–Trinajstić information content (AvgIpc) is 2.71. The molecule has 0 spiro atoms. The number of fused-ring (bicyclic) bond motifs is 1. The molecule has 0 aliphatic rings. The SMILES string of the molecule is O=c1c(Oc2ccccc2Cl)coc2cc(OCc3ccccc3Cl)ccc12. The van der Waals surface area contributed by atoms with Gasteiger partial charge < -0.3 is 13.9 Å². The first-order chi connectivity index (χ1) is 13.6. The van der Waals surface area contributed by atoms with Gasteiger partial charge in [-0.1, -0.05) is 53.5 Å². The second-order valence-corrected chi connectivity index (χ2v) is 6.81. The number of hydrogen-bond acceptors (Lipinski definition) is 4. The number of hydrogen-bond donors (Lipinski definition) is 0. The molecule has 140 valence electrons. The van der Waals surface area contributed by atoms with Gasteiger partial charge in [-0.15, -0.1) is 0 Å². The molecule has 0 aliphatic carbocycles. The molecule has 4 aromatic rings. The van der Waals surface area contributed by atoms with Gasteiger partial charge in [0, 0.05) is 16.7 Å². The molecule has 0 unspecified atom stereocenters. The van der Waals surface area contributed by atoms with Crippen LogP contribution < -0.4 is 14.9 Å². The van der Waals surface area contributed by atoms with Gasteiger partial charge in [-0.2, -0.15) is 0 Å². The fourth-order valence-electron chi connectivity index (χ4n) is 2.67. The van der Waals surface area contributed by atoms with E-state index in [1.165, 1.54) is 6.26 Å². The molecule has 0 N–H and O–H groups in total. The van der Waals surface area contributed by atoms with Crippen LogP contribution in [0.5, 0.6) is 17.2 Å². The molecule has 0 amide bonds. The summed E-state index contributed by atoms with van der Waals surface area (Å²) in [5.74, 6) is 1.01. The summed E-state index contributed by atoms with van der Waals surface area (Å²) in [5, 5.41) is 1.43. The van der Waals surface area contributed by atoms with Gasteiger partial charge in [0.05, 0.1) is 10.4 Å². The van der Waals surface area contributed by atoms with Crippen LogP contribution in [0.1, 0.15) is 5.56 Å². The van der Waals surface area contributed by atoms with Gasteiger partial charge >= 0.3 is 0 Å². The highest BCUT2D eigenvalue weighted by Crippen LogP contribution is 2.29. The quantitative estimate of drug-likeness (QED) is 0.376. The summed E-state index contributed by atoms with van der Waals surface area (Å²) in [6.45, 7) is 0.309. The number of ether oxygens (including phenoxy) is 2. The van der Waals surface area contributed by atoms with Crippen molar-refractivity contribution in [3.05, 3.63) is 98.8 Å². The Morgan fingerprint density at radius 2 is 1.61 bits per heavy atom. The van der Waals surface area contributed by atoms with Crippen molar-refractivity contribution in [3.8, 4) is 17.2 Å². The van der Waals surface area contributed by atoms with Crippen molar-refractivity contribution in [2.75, 3.05) is 0 Å². The smallest absolute Gasteiger partial charge is 0.235 e. The average molecular weight is 413 g/mol. The van der Waals surface area contributed by atoms with Crippen LogP contribution in [0, 0.1) is 0 Å². The maximum atomic E-state index is 12.7. The van der Waals surface area contributed by atoms with Crippen LogP contribution in [0.25, 0.3) is 11.0 Å². The Kier molecular flexibility index (Phi) is 5.24. The highest BCUT2D eigenvalue weighted by Gasteiger charge is 2.12. The van der Waals surface area contributed by atoms with Crippen LogP contribution in [0.3, 0.4) is 0 Å². The van der Waals surface area contributed by atoms with E-state index in [0.717, 1.165) is 5.56 Å². The Labute approximate surface area is 170 Å². The van der Waals surface area contributed by atoms with Gasteiger partial charge in [0.2, 0.25) is 11.2 Å². The first-order valence-corrected chi connectivity index (χ1v) is 9.21. The lowest BCUT2D eigenvalue weighted by Gasteiger charge is -2.09. The van der Waals surface area contributed by atoms with Crippen LogP contribution in [-0.4, -0.2) is 0 Å². The minimum atomic E-state index is -0.293. The van der Waals surface area contributed by atoms with Crippen LogP contribution in [0.2, 0.25) is 10.0 Å². The number of para-hydroxylation sites is 1. The molecule has 0 bridgehead atoms. The van der Waals surface area contributed by atoms with E-state index in [1.54, 1.807) is 48.5 Å². The van der Waals surface area contributed by atoms with Crippen molar-refractivity contribution in [1.82, 2.24) is 0 Å². The van der Waals surface area contributed by atoms with Gasteiger partial charge in [0.1, 0.15) is 30.0 Å². The van der Waals surface area contributed by atoms with E-state index in [1.807, 2.05) is 18.2 Å². The molecular weight excluding hydrogens is 399 g/mol. The van der Waals surface area contributed by atoms with Crippen molar-refractivity contribution >= 4 is 34.2 Å². The Hall–Kier alpha value is -2.95. The normalized spacial score (nSPS) is 10.8. The largest absolute Gasteiger partial charge is 0.489 e. The van der Waals surface area contributed by atoms with Crippen LogP contribution in [0.4, 0.5) is 0 Å². The van der Waals surface area contributed by atoms with E-state index >= 15 is 0 Å². The van der Waals surface area contributed by atoms with Gasteiger partial charge in [-0.25, -0.2) is 0 Å². The number of halogens is 2. The lowest BCUT2D eigenvalue weighted by atomic mass is 10.2. The second kappa shape index (κ2) is 7.97. The van der Waals surface area contributed by atoms with E-state index in [-0.39, 0.29) is 11.2 Å². The van der Waals surface area contributed by atoms with Crippen molar-refractivity contribution in [2.24, 2.45) is 0 Å². The third-order valence-electron chi connectivity index (χ3n) is 4.12. The first-order valence-electron chi connectivity index (χ1n) is 8.46. The third-order valence-corrected chi connectivity index (χ3v) is 4.80. The predicted molar refractivity (Wildman–Crippen MR) is 110 cm³/mol. The second-order valence-electron chi connectivity index (χ2n) is 6.00. The van der Waals surface area contributed by atoms with E-state index in [9.17, 15) is 4.79 Å². The van der Waals surface area contributed by atoms with E-state index in [4.69, 9.17) is 37.1 Å². The molecule has 1 aromatic heterocycles. The molecule has 0 atom stereocenters. The Bertz CT molecular complexity index is 1200. The summed E-state index contributed by atoms with van der Waals surface area (Å²) in [6.07, 6.45) is 1.27. The summed E-state index contributed by atoms with van der Waals surface area (Å²) >= 11 is 12.2. The highest BCUT2D eigenvalue weighted by molar-refractivity contribution is 6.32. The van der Waals surface area contributed by atoms with Crippen molar-refractivity contribution in [2.45, 2.75) is 6.61 Å². The molecule has 0 aliphatic heterocycles. The van der Waals surface area contributed by atoms with Crippen molar-refractivity contribution in [3.63, 3.8) is 0 Å². The van der Waals surface area contributed by atoms with Gasteiger partial charge in [-0.3, -0.25) is 4.79 Å². The van der Waals surface area contributed by atoms with E-state index < -0.39 is 0 Å². The lowest BCUT2D eigenvalue weighted by Crippen LogP contribution is -2.05. The van der Waals surface area contributed by atoms with Crippen molar-refractivity contribution < 1.29 is 13.9 Å². The summed E-state index contributed by atoms with van der Waals surface area (Å²) in [5.41, 5.74) is 0.973. The molecule has 0 fully saturated rings. The zero-order valence-corrected chi connectivity index (χ0v) is 16.0. The number of rotatable bonds is 5. The molecule has 6 heteroatoms. The minimum absolute atomic E-state index is 0.0605. The minimum Gasteiger partial charge on any atom is -0.489 e. The summed E-state index contributed by atoms with van der Waals surface area (Å²) in [6, 6.07) is 19.4. The zero-order valence-electron chi connectivity index (χ0n) is 14.5. The van der Waals surface area contributed by atoms with E-state index in [0.29, 0.717) is 39.1 Å². The van der Waals surface area contributed by atoms with Crippen LogP contribution >= 0.6 is 23.2 Å². The fraction of sp³-hybridized carbons (Fsp3) is 0.0455. The molecule has 0 saturated carbocycles. The lowest BCUT2D eigenvalue weighted by molar-refractivity contribution is 0.306. The third kappa shape index (κ3) is 3.84. The fourth-order valence-corrected chi connectivity index (χ4v) is 3.04. The zero-order chi connectivity index (χ0) is 19.5. The molecular formula is C22H14Cl2O4. The molecule has 0 radical (unpaired) electrons. The summed E-state index contributed by atoms with van der Waals surface area (Å²) in [4.78, 5) is 12.7. The summed E-state index contributed by atoms with van der Waals surface area (Å²) in [7, 11) is 0. The maximum absolute atomic E-state index is 12.7. The Morgan fingerprint density at radius 1 is 0.857 bits per heavy atom. The molecule has 0 saturated heterocycles. The Morgan fingerprint density at radius 3 is 2.39 bits per heavy atom. The standard InChI is InChI=1S/C22H14Cl2O4/c23-17-6-2-1-5-14(17)12-26-15-9-10-16-20(11-15)27-13-21(22(16)25)28-19-8-4-3-7-18(19)24/h1-11,13H,12H2. The van der Waals surface area contributed by atoms with Crippen LogP contribution in [0.15, 0.2) is 82.2 Å². The summed E-state index contributed by atoms with van der Waals surface area (Å²) < 4.78 is 17.0. The first kappa shape index (κ1) is 18.4. The highest BCUT2D eigenvalue weighted by atomic mass is 35.5. The van der Waals surface area contributed by atoms with Gasteiger partial charge in [-0.05, 0) is 30.3 Å². The molecule has 1 heterocycles. The Balaban J connectivity index is 1.58. The monoisotopic (exact) mass is 412 g/mol. The van der Waals surface area contributed by atoms with Crippen LogP contribution in [-0.2, 0) is 6.61 Å².